The van der Waals surface area contributed by atoms with Gasteiger partial charge in [0, 0.05) is 16.9 Å². The van der Waals surface area contributed by atoms with Gasteiger partial charge in [0.15, 0.2) is 17.8 Å². The molecule has 146 valence electrons. The van der Waals surface area contributed by atoms with Crippen molar-refractivity contribution in [1.29, 1.82) is 0 Å². The molecular formula is C20H19FN2O4S. The Morgan fingerprint density at radius 3 is 2.79 bits per heavy atom. The van der Waals surface area contributed by atoms with Crippen molar-refractivity contribution in [3.63, 3.8) is 0 Å². The number of nitrogens with zero attached hydrogens (tertiary/aromatic N) is 1. The Labute approximate surface area is 165 Å². The number of amides is 1. The van der Waals surface area contributed by atoms with Crippen LogP contribution in [0, 0.1) is 5.82 Å². The van der Waals surface area contributed by atoms with E-state index < -0.39 is 12.1 Å². The summed E-state index contributed by atoms with van der Waals surface area (Å²) in [5.74, 6) is -0.340. The molecule has 1 aromatic carbocycles. The predicted octanol–water partition coefficient (Wildman–Crippen LogP) is 3.72. The molecule has 2 heterocycles. The number of thiophene rings is 1. The van der Waals surface area contributed by atoms with Gasteiger partial charge in [0.2, 0.25) is 0 Å². The van der Waals surface area contributed by atoms with E-state index >= 15 is 0 Å². The van der Waals surface area contributed by atoms with Crippen LogP contribution in [0.25, 0.3) is 11.3 Å². The van der Waals surface area contributed by atoms with Gasteiger partial charge in [-0.1, -0.05) is 6.07 Å². The van der Waals surface area contributed by atoms with Gasteiger partial charge in [-0.25, -0.2) is 9.37 Å². The zero-order valence-corrected chi connectivity index (χ0v) is 16.0. The van der Waals surface area contributed by atoms with Gasteiger partial charge >= 0.3 is 5.97 Å². The van der Waals surface area contributed by atoms with Crippen molar-refractivity contribution in [3.05, 3.63) is 64.6 Å². The fourth-order valence-electron chi connectivity index (χ4n) is 2.42. The Kier molecular flexibility index (Phi) is 6.54. The number of benzene rings is 1. The largest absolute Gasteiger partial charge is 0.453 e. The van der Waals surface area contributed by atoms with Crippen molar-refractivity contribution in [2.45, 2.75) is 32.4 Å². The van der Waals surface area contributed by atoms with Crippen molar-refractivity contribution in [2.75, 3.05) is 0 Å². The van der Waals surface area contributed by atoms with Crippen LogP contribution in [-0.4, -0.2) is 23.0 Å². The molecule has 0 aliphatic heterocycles. The number of nitrogens with one attached hydrogen (secondary N) is 1. The fourth-order valence-corrected chi connectivity index (χ4v) is 3.07. The van der Waals surface area contributed by atoms with Crippen molar-refractivity contribution in [2.24, 2.45) is 0 Å². The number of carbonyl (C=O) groups is 2. The van der Waals surface area contributed by atoms with E-state index in [1.807, 2.05) is 17.5 Å². The fraction of sp³-hybridized carbons (Fsp3) is 0.250. The molecule has 6 nitrogen and oxygen atoms in total. The maximum Gasteiger partial charge on any atom is 0.307 e. The molecule has 0 spiro atoms. The van der Waals surface area contributed by atoms with E-state index in [4.69, 9.17) is 9.15 Å². The van der Waals surface area contributed by atoms with Gasteiger partial charge in [-0.2, -0.15) is 0 Å². The SMILES string of the molecule is CC(OC(=O)CCc1ncc(-c2ccc(F)cc2)o1)C(=O)NCc1cccs1. The third kappa shape index (κ3) is 5.50. The van der Waals surface area contributed by atoms with E-state index in [1.54, 1.807) is 12.1 Å². The third-order valence-corrected chi connectivity index (χ3v) is 4.80. The van der Waals surface area contributed by atoms with Gasteiger partial charge in [-0.05, 0) is 42.6 Å². The third-order valence-electron chi connectivity index (χ3n) is 3.92. The minimum absolute atomic E-state index is 0.0336. The first-order valence-corrected chi connectivity index (χ1v) is 9.59. The minimum atomic E-state index is -0.883. The molecule has 3 aromatic rings. The number of halogens is 1. The average Bonchev–Trinajstić information content (AvgIpc) is 3.37. The Bertz CT molecular complexity index is 922. The summed E-state index contributed by atoms with van der Waals surface area (Å²) in [6.45, 7) is 1.93. The van der Waals surface area contributed by atoms with Gasteiger partial charge in [-0.15, -0.1) is 11.3 Å². The van der Waals surface area contributed by atoms with Crippen LogP contribution in [0.4, 0.5) is 4.39 Å². The van der Waals surface area contributed by atoms with E-state index in [0.29, 0.717) is 23.8 Å². The highest BCUT2D eigenvalue weighted by Gasteiger charge is 2.18. The van der Waals surface area contributed by atoms with Crippen LogP contribution >= 0.6 is 11.3 Å². The van der Waals surface area contributed by atoms with Crippen LogP contribution in [0.1, 0.15) is 24.1 Å². The Morgan fingerprint density at radius 1 is 1.29 bits per heavy atom. The lowest BCUT2D eigenvalue weighted by molar-refractivity contribution is -0.154. The van der Waals surface area contributed by atoms with Crippen LogP contribution < -0.4 is 5.32 Å². The molecule has 0 radical (unpaired) electrons. The molecule has 3 rings (SSSR count). The van der Waals surface area contributed by atoms with Crippen LogP contribution in [0.15, 0.2) is 52.4 Å². The second-order valence-corrected chi connectivity index (χ2v) is 7.09. The quantitative estimate of drug-likeness (QED) is 0.581. The summed E-state index contributed by atoms with van der Waals surface area (Å²) >= 11 is 1.54. The maximum absolute atomic E-state index is 13.0. The molecule has 0 fully saturated rings. The number of rotatable bonds is 8. The molecule has 28 heavy (non-hydrogen) atoms. The number of esters is 1. The predicted molar refractivity (Wildman–Crippen MR) is 102 cm³/mol. The molecular weight excluding hydrogens is 383 g/mol. The monoisotopic (exact) mass is 402 g/mol. The highest BCUT2D eigenvalue weighted by atomic mass is 32.1. The number of aryl methyl sites for hydroxylation is 1. The van der Waals surface area contributed by atoms with Crippen LogP contribution in [0.3, 0.4) is 0 Å². The molecule has 2 aromatic heterocycles. The number of carbonyl (C=O) groups excluding carboxylic acids is 2. The summed E-state index contributed by atoms with van der Waals surface area (Å²) in [4.78, 5) is 29.1. The first-order valence-electron chi connectivity index (χ1n) is 8.71. The summed E-state index contributed by atoms with van der Waals surface area (Å²) in [5.41, 5.74) is 0.693. The standard InChI is InChI=1S/C20H19FN2O4S/c1-13(20(25)23-11-16-3-2-10-28-16)26-19(24)9-8-18-22-12-17(27-18)14-4-6-15(21)7-5-14/h2-7,10,12-13H,8-9,11H2,1H3,(H,23,25). The molecule has 0 aliphatic carbocycles. The first kappa shape index (κ1) is 19.8. The van der Waals surface area contributed by atoms with E-state index in [-0.39, 0.29) is 24.6 Å². The highest BCUT2D eigenvalue weighted by Crippen LogP contribution is 2.21. The van der Waals surface area contributed by atoms with Gasteiger partial charge in [0.25, 0.3) is 5.91 Å². The summed E-state index contributed by atoms with van der Waals surface area (Å²) in [7, 11) is 0. The topological polar surface area (TPSA) is 81.4 Å². The highest BCUT2D eigenvalue weighted by molar-refractivity contribution is 7.09. The lowest BCUT2D eigenvalue weighted by atomic mass is 10.2. The smallest absolute Gasteiger partial charge is 0.307 e. The van der Waals surface area contributed by atoms with Crippen molar-refractivity contribution >= 4 is 23.2 Å². The van der Waals surface area contributed by atoms with Gasteiger partial charge < -0.3 is 14.5 Å². The van der Waals surface area contributed by atoms with Gasteiger partial charge in [0.05, 0.1) is 19.2 Å². The van der Waals surface area contributed by atoms with Crippen LogP contribution in [-0.2, 0) is 27.3 Å². The van der Waals surface area contributed by atoms with Crippen LogP contribution in [0.5, 0.6) is 0 Å². The van der Waals surface area contributed by atoms with Crippen molar-refractivity contribution in [3.8, 4) is 11.3 Å². The Hall–Kier alpha value is -3.00. The Morgan fingerprint density at radius 2 is 2.07 bits per heavy atom. The molecule has 0 aliphatic rings. The molecule has 1 atom stereocenters. The first-order chi connectivity index (χ1) is 13.5. The van der Waals surface area contributed by atoms with Crippen molar-refractivity contribution < 1.29 is 23.1 Å². The number of hydrogen-bond acceptors (Lipinski definition) is 6. The van der Waals surface area contributed by atoms with E-state index in [9.17, 15) is 14.0 Å². The second-order valence-electron chi connectivity index (χ2n) is 6.05. The zero-order chi connectivity index (χ0) is 19.9. The molecule has 1 unspecified atom stereocenters. The molecule has 0 saturated carbocycles. The summed E-state index contributed by atoms with van der Waals surface area (Å²) < 4.78 is 23.7. The molecule has 8 heteroatoms. The molecule has 1 N–H and O–H groups in total. The lowest BCUT2D eigenvalue weighted by Crippen LogP contribution is -2.35. The minimum Gasteiger partial charge on any atom is -0.453 e. The van der Waals surface area contributed by atoms with E-state index in [2.05, 4.69) is 10.3 Å². The van der Waals surface area contributed by atoms with Crippen molar-refractivity contribution in [1.82, 2.24) is 10.3 Å². The van der Waals surface area contributed by atoms with E-state index in [1.165, 1.54) is 36.6 Å². The summed E-state index contributed by atoms with van der Waals surface area (Å²) in [6.07, 6.45) is 0.913. The normalized spacial score (nSPS) is 11.8. The molecule has 0 bridgehead atoms. The van der Waals surface area contributed by atoms with Crippen LogP contribution in [0.2, 0.25) is 0 Å². The maximum atomic E-state index is 13.0. The second kappa shape index (κ2) is 9.27. The number of aromatic nitrogens is 1. The van der Waals surface area contributed by atoms with Gasteiger partial charge in [-0.3, -0.25) is 9.59 Å². The number of hydrogen-bond donors (Lipinski definition) is 1. The summed E-state index contributed by atoms with van der Waals surface area (Å²) in [5, 5.41) is 4.65. The Balaban J connectivity index is 1.43. The lowest BCUT2D eigenvalue weighted by Gasteiger charge is -2.12. The summed E-state index contributed by atoms with van der Waals surface area (Å²) in [6, 6.07) is 9.66. The van der Waals surface area contributed by atoms with E-state index in [0.717, 1.165) is 4.88 Å². The molecule has 1 amide bonds. The molecule has 0 saturated heterocycles. The van der Waals surface area contributed by atoms with Gasteiger partial charge in [0.1, 0.15) is 5.82 Å². The zero-order valence-electron chi connectivity index (χ0n) is 15.2. The number of ether oxygens (including phenoxy) is 1. The number of oxazole rings is 1. The average molecular weight is 402 g/mol.